The topological polar surface area (TPSA) is 42.7 Å². The van der Waals surface area contributed by atoms with Gasteiger partial charge in [-0.2, -0.15) is 0 Å². The summed E-state index contributed by atoms with van der Waals surface area (Å²) < 4.78 is 23.0. The first-order valence-corrected chi connectivity index (χ1v) is 6.18. The summed E-state index contributed by atoms with van der Waals surface area (Å²) in [7, 11) is 3.20. The first kappa shape index (κ1) is 14.3. The Morgan fingerprint density at radius 3 is 2.80 bits per heavy atom. The number of nitrogens with zero attached hydrogens (tertiary/aromatic N) is 1. The Balaban J connectivity index is 1.96. The smallest absolute Gasteiger partial charge is 0.373 e. The van der Waals surface area contributed by atoms with Crippen LogP contribution in [0, 0.1) is 5.82 Å². The number of rotatable bonds is 5. The monoisotopic (exact) mass is 277 g/mol. The van der Waals surface area contributed by atoms with Crippen LogP contribution in [0.3, 0.4) is 0 Å². The molecule has 2 rings (SSSR count). The Morgan fingerprint density at radius 2 is 2.10 bits per heavy atom. The van der Waals surface area contributed by atoms with Crippen molar-refractivity contribution in [1.29, 1.82) is 0 Å². The number of hydrogen-bond donors (Lipinski definition) is 0. The zero-order valence-corrected chi connectivity index (χ0v) is 11.4. The van der Waals surface area contributed by atoms with Crippen molar-refractivity contribution >= 4 is 5.97 Å². The van der Waals surface area contributed by atoms with Crippen LogP contribution in [0.15, 0.2) is 40.8 Å². The summed E-state index contributed by atoms with van der Waals surface area (Å²) in [6.07, 6.45) is 0. The van der Waals surface area contributed by atoms with Gasteiger partial charge in [0.15, 0.2) is 0 Å². The predicted molar refractivity (Wildman–Crippen MR) is 71.6 cm³/mol. The van der Waals surface area contributed by atoms with Crippen molar-refractivity contribution in [3.05, 3.63) is 59.3 Å². The van der Waals surface area contributed by atoms with E-state index in [2.05, 4.69) is 4.74 Å². The second-order valence-electron chi connectivity index (χ2n) is 4.56. The zero-order chi connectivity index (χ0) is 14.5. The lowest BCUT2D eigenvalue weighted by Gasteiger charge is -2.15. The van der Waals surface area contributed by atoms with Gasteiger partial charge in [-0.05, 0) is 36.9 Å². The van der Waals surface area contributed by atoms with Crippen LogP contribution in [-0.2, 0) is 17.8 Å². The third kappa shape index (κ3) is 3.68. The maximum Gasteiger partial charge on any atom is 0.373 e. The third-order valence-electron chi connectivity index (χ3n) is 2.82. The molecular weight excluding hydrogens is 261 g/mol. The minimum Gasteiger partial charge on any atom is -0.463 e. The summed E-state index contributed by atoms with van der Waals surface area (Å²) in [5.74, 6) is 0.0943. The van der Waals surface area contributed by atoms with Gasteiger partial charge in [-0.3, -0.25) is 4.90 Å². The van der Waals surface area contributed by atoms with Gasteiger partial charge in [-0.15, -0.1) is 0 Å². The summed E-state index contributed by atoms with van der Waals surface area (Å²) in [6.45, 7) is 1.11. The van der Waals surface area contributed by atoms with Crippen molar-refractivity contribution in [2.75, 3.05) is 14.2 Å². The Kier molecular flexibility index (Phi) is 4.53. The molecule has 0 saturated carbocycles. The molecule has 0 aliphatic rings. The van der Waals surface area contributed by atoms with Crippen LogP contribution in [-0.4, -0.2) is 25.0 Å². The lowest BCUT2D eigenvalue weighted by Crippen LogP contribution is -2.16. The summed E-state index contributed by atoms with van der Waals surface area (Å²) in [6, 6.07) is 9.77. The van der Waals surface area contributed by atoms with E-state index in [-0.39, 0.29) is 11.6 Å². The highest BCUT2D eigenvalue weighted by molar-refractivity contribution is 5.86. The van der Waals surface area contributed by atoms with E-state index in [0.717, 1.165) is 5.56 Å². The molecule has 0 bridgehead atoms. The molecule has 1 aromatic heterocycles. The number of benzene rings is 1. The van der Waals surface area contributed by atoms with E-state index < -0.39 is 5.97 Å². The maximum absolute atomic E-state index is 13.1. The van der Waals surface area contributed by atoms with Gasteiger partial charge in [0.2, 0.25) is 5.76 Å². The Labute approximate surface area is 116 Å². The Morgan fingerprint density at radius 1 is 1.30 bits per heavy atom. The van der Waals surface area contributed by atoms with Crippen LogP contribution >= 0.6 is 0 Å². The van der Waals surface area contributed by atoms with E-state index in [1.807, 2.05) is 18.0 Å². The molecule has 4 nitrogen and oxygen atoms in total. The van der Waals surface area contributed by atoms with E-state index in [4.69, 9.17) is 4.42 Å². The van der Waals surface area contributed by atoms with E-state index in [1.165, 1.54) is 19.2 Å². The molecule has 106 valence electrons. The molecule has 2 aromatic rings. The Bertz CT molecular complexity index is 594. The van der Waals surface area contributed by atoms with Crippen molar-refractivity contribution in [1.82, 2.24) is 4.90 Å². The van der Waals surface area contributed by atoms with E-state index in [0.29, 0.717) is 18.8 Å². The highest BCUT2D eigenvalue weighted by Crippen LogP contribution is 2.13. The average Bonchev–Trinajstić information content (AvgIpc) is 2.86. The van der Waals surface area contributed by atoms with Gasteiger partial charge in [-0.1, -0.05) is 12.1 Å². The van der Waals surface area contributed by atoms with E-state index in [9.17, 15) is 9.18 Å². The number of esters is 1. The molecule has 1 heterocycles. The van der Waals surface area contributed by atoms with Crippen LogP contribution in [0.5, 0.6) is 0 Å². The number of hydrogen-bond acceptors (Lipinski definition) is 4. The largest absolute Gasteiger partial charge is 0.463 e. The minimum absolute atomic E-state index is 0.182. The number of halogens is 1. The van der Waals surface area contributed by atoms with Crippen LogP contribution < -0.4 is 0 Å². The molecule has 1 aromatic carbocycles. The zero-order valence-electron chi connectivity index (χ0n) is 11.4. The fraction of sp³-hybridized carbons (Fsp3) is 0.267. The van der Waals surface area contributed by atoms with Gasteiger partial charge in [0.05, 0.1) is 13.7 Å². The highest BCUT2D eigenvalue weighted by Gasteiger charge is 2.12. The molecule has 0 amide bonds. The summed E-state index contributed by atoms with van der Waals surface area (Å²) in [5, 5.41) is 0. The average molecular weight is 277 g/mol. The molecule has 0 fully saturated rings. The number of carbonyl (C=O) groups excluding carboxylic acids is 1. The first-order chi connectivity index (χ1) is 9.58. The van der Waals surface area contributed by atoms with Crippen molar-refractivity contribution in [2.24, 2.45) is 0 Å². The normalized spacial score (nSPS) is 10.8. The van der Waals surface area contributed by atoms with Crippen molar-refractivity contribution < 1.29 is 18.3 Å². The fourth-order valence-electron chi connectivity index (χ4n) is 1.94. The van der Waals surface area contributed by atoms with Gasteiger partial charge in [0.25, 0.3) is 0 Å². The van der Waals surface area contributed by atoms with Crippen LogP contribution in [0.1, 0.15) is 21.9 Å². The van der Waals surface area contributed by atoms with Gasteiger partial charge >= 0.3 is 5.97 Å². The summed E-state index contributed by atoms with van der Waals surface area (Å²) in [4.78, 5) is 13.2. The molecule has 0 radical (unpaired) electrons. The summed E-state index contributed by atoms with van der Waals surface area (Å²) >= 11 is 0. The molecule has 0 unspecified atom stereocenters. The molecular formula is C15H16FNO3. The molecule has 0 N–H and O–H groups in total. The van der Waals surface area contributed by atoms with Crippen LogP contribution in [0.25, 0.3) is 0 Å². The Hall–Kier alpha value is -2.14. The SMILES string of the molecule is COC(=O)c1ccc(CN(C)Cc2cccc(F)c2)o1. The molecule has 0 atom stereocenters. The third-order valence-corrected chi connectivity index (χ3v) is 2.82. The number of carbonyl (C=O) groups is 1. The standard InChI is InChI=1S/C15H16FNO3/c1-17(9-11-4-3-5-12(16)8-11)10-13-6-7-14(20-13)15(18)19-2/h3-8H,9-10H2,1-2H3. The second kappa shape index (κ2) is 6.34. The maximum atomic E-state index is 13.1. The first-order valence-electron chi connectivity index (χ1n) is 6.18. The second-order valence-corrected chi connectivity index (χ2v) is 4.56. The van der Waals surface area contributed by atoms with Gasteiger partial charge < -0.3 is 9.15 Å². The van der Waals surface area contributed by atoms with Gasteiger partial charge in [-0.25, -0.2) is 9.18 Å². The fourth-order valence-corrected chi connectivity index (χ4v) is 1.94. The molecule has 5 heteroatoms. The number of ether oxygens (including phenoxy) is 1. The van der Waals surface area contributed by atoms with Crippen molar-refractivity contribution in [3.8, 4) is 0 Å². The quantitative estimate of drug-likeness (QED) is 0.788. The van der Waals surface area contributed by atoms with Crippen LogP contribution in [0.4, 0.5) is 4.39 Å². The number of methoxy groups -OCH3 is 1. The molecule has 20 heavy (non-hydrogen) atoms. The molecule has 0 aliphatic carbocycles. The lowest BCUT2D eigenvalue weighted by molar-refractivity contribution is 0.0561. The highest BCUT2D eigenvalue weighted by atomic mass is 19.1. The van der Waals surface area contributed by atoms with Gasteiger partial charge in [0, 0.05) is 6.54 Å². The molecule has 0 aliphatic heterocycles. The van der Waals surface area contributed by atoms with Gasteiger partial charge in [0.1, 0.15) is 11.6 Å². The van der Waals surface area contributed by atoms with Crippen molar-refractivity contribution in [3.63, 3.8) is 0 Å². The van der Waals surface area contributed by atoms with E-state index >= 15 is 0 Å². The van der Waals surface area contributed by atoms with E-state index in [1.54, 1.807) is 18.2 Å². The predicted octanol–water partition coefficient (Wildman–Crippen LogP) is 2.84. The minimum atomic E-state index is -0.496. The molecule has 0 saturated heterocycles. The van der Waals surface area contributed by atoms with Crippen LogP contribution in [0.2, 0.25) is 0 Å². The lowest BCUT2D eigenvalue weighted by atomic mass is 10.2. The number of furan rings is 1. The summed E-state index contributed by atoms with van der Waals surface area (Å²) in [5.41, 5.74) is 0.882. The van der Waals surface area contributed by atoms with Crippen molar-refractivity contribution in [2.45, 2.75) is 13.1 Å². The molecule has 0 spiro atoms.